The van der Waals surface area contributed by atoms with Gasteiger partial charge in [0.1, 0.15) is 0 Å². The first kappa shape index (κ1) is 14.4. The van der Waals surface area contributed by atoms with Crippen molar-refractivity contribution in [2.45, 2.75) is 58.2 Å². The van der Waals surface area contributed by atoms with Crippen molar-refractivity contribution in [2.24, 2.45) is 0 Å². The van der Waals surface area contributed by atoms with Gasteiger partial charge >= 0.3 is 0 Å². The number of anilines is 2. The maximum absolute atomic E-state index is 11.2. The molecule has 1 saturated carbocycles. The number of hydrogen-bond donors (Lipinski definition) is 2. The van der Waals surface area contributed by atoms with Crippen molar-refractivity contribution < 1.29 is 4.79 Å². The minimum absolute atomic E-state index is 0.0285. The Labute approximate surface area is 126 Å². The first-order valence-electron chi connectivity index (χ1n) is 7.93. The van der Waals surface area contributed by atoms with Gasteiger partial charge in [-0.15, -0.1) is 0 Å². The lowest BCUT2D eigenvalue weighted by Crippen LogP contribution is -2.31. The number of rotatable bonds is 4. The number of likely N-dealkylation sites (tertiary alicyclic amines) is 1. The fourth-order valence-corrected chi connectivity index (χ4v) is 3.35. The normalized spacial score (nSPS) is 25.9. The van der Waals surface area contributed by atoms with E-state index in [0.29, 0.717) is 12.1 Å². The van der Waals surface area contributed by atoms with Gasteiger partial charge < -0.3 is 10.6 Å². The number of nitrogens with zero attached hydrogens (tertiary/aromatic N) is 1. The van der Waals surface area contributed by atoms with Crippen molar-refractivity contribution in [3.8, 4) is 0 Å². The average Bonchev–Trinajstić information content (AvgIpc) is 3.18. The summed E-state index contributed by atoms with van der Waals surface area (Å²) in [5.74, 6) is -0.0285. The van der Waals surface area contributed by atoms with Crippen molar-refractivity contribution in [3.05, 3.63) is 23.8 Å². The van der Waals surface area contributed by atoms with Crippen molar-refractivity contribution in [3.63, 3.8) is 0 Å². The maximum atomic E-state index is 11.2. The molecule has 1 heterocycles. The van der Waals surface area contributed by atoms with Crippen LogP contribution in [0.1, 0.15) is 38.7 Å². The molecule has 0 bridgehead atoms. The molecule has 1 saturated heterocycles. The highest BCUT2D eigenvalue weighted by Gasteiger charge is 2.38. The molecule has 4 nitrogen and oxygen atoms in total. The fourth-order valence-electron chi connectivity index (χ4n) is 3.35. The van der Waals surface area contributed by atoms with E-state index in [9.17, 15) is 4.79 Å². The second-order valence-corrected chi connectivity index (χ2v) is 6.56. The summed E-state index contributed by atoms with van der Waals surface area (Å²) in [5, 5.41) is 6.53. The number of benzene rings is 1. The third kappa shape index (κ3) is 3.38. The van der Waals surface area contributed by atoms with E-state index in [1.807, 2.05) is 12.1 Å². The van der Waals surface area contributed by atoms with E-state index in [0.717, 1.165) is 24.0 Å². The van der Waals surface area contributed by atoms with E-state index in [-0.39, 0.29) is 5.91 Å². The van der Waals surface area contributed by atoms with Crippen molar-refractivity contribution in [1.29, 1.82) is 0 Å². The van der Waals surface area contributed by atoms with Crippen LogP contribution in [-0.4, -0.2) is 35.5 Å². The second kappa shape index (κ2) is 5.68. The molecule has 1 aromatic carbocycles. The van der Waals surface area contributed by atoms with Crippen LogP contribution in [0.4, 0.5) is 11.4 Å². The molecule has 2 N–H and O–H groups in total. The highest BCUT2D eigenvalue weighted by atomic mass is 16.1. The lowest BCUT2D eigenvalue weighted by molar-refractivity contribution is -0.114. The minimum Gasteiger partial charge on any atom is -0.381 e. The largest absolute Gasteiger partial charge is 0.381 e. The summed E-state index contributed by atoms with van der Waals surface area (Å²) in [7, 11) is 0. The number of aryl methyl sites for hydroxylation is 1. The Bertz CT molecular complexity index is 539. The van der Waals surface area contributed by atoms with Crippen LogP contribution in [0.15, 0.2) is 18.2 Å². The van der Waals surface area contributed by atoms with Gasteiger partial charge in [0.15, 0.2) is 0 Å². The molecular weight excluding hydrogens is 262 g/mol. The molecule has 3 rings (SSSR count). The van der Waals surface area contributed by atoms with Crippen LogP contribution in [0.2, 0.25) is 0 Å². The molecule has 0 spiro atoms. The van der Waals surface area contributed by atoms with Crippen LogP contribution in [-0.2, 0) is 4.79 Å². The minimum atomic E-state index is -0.0285. The molecule has 0 radical (unpaired) electrons. The zero-order valence-electron chi connectivity index (χ0n) is 13.1. The molecule has 21 heavy (non-hydrogen) atoms. The molecule has 2 atom stereocenters. The Morgan fingerprint density at radius 3 is 2.76 bits per heavy atom. The number of amides is 1. The van der Waals surface area contributed by atoms with Crippen LogP contribution in [0.25, 0.3) is 0 Å². The number of nitrogens with one attached hydrogen (secondary N) is 2. The average molecular weight is 287 g/mol. The van der Waals surface area contributed by atoms with Crippen LogP contribution in [0.3, 0.4) is 0 Å². The van der Waals surface area contributed by atoms with E-state index >= 15 is 0 Å². The Balaban J connectivity index is 1.68. The summed E-state index contributed by atoms with van der Waals surface area (Å²) < 4.78 is 0. The summed E-state index contributed by atoms with van der Waals surface area (Å²) in [6.07, 6.45) is 3.93. The molecule has 0 aromatic heterocycles. The molecule has 114 valence electrons. The molecule has 1 aromatic rings. The van der Waals surface area contributed by atoms with Gasteiger partial charge in [-0.05, 0) is 50.8 Å². The van der Waals surface area contributed by atoms with E-state index in [1.165, 1.54) is 24.8 Å². The Hall–Kier alpha value is -1.55. The van der Waals surface area contributed by atoms with Gasteiger partial charge in [0.25, 0.3) is 0 Å². The predicted molar refractivity (Wildman–Crippen MR) is 86.7 cm³/mol. The van der Waals surface area contributed by atoms with Gasteiger partial charge in [-0.1, -0.05) is 6.07 Å². The zero-order valence-corrected chi connectivity index (χ0v) is 13.1. The van der Waals surface area contributed by atoms with E-state index in [1.54, 1.807) is 6.92 Å². The molecule has 1 aliphatic heterocycles. The quantitative estimate of drug-likeness (QED) is 0.895. The topological polar surface area (TPSA) is 44.4 Å². The molecule has 2 fully saturated rings. The van der Waals surface area contributed by atoms with Crippen molar-refractivity contribution in [1.82, 2.24) is 4.90 Å². The fraction of sp³-hybridized carbons (Fsp3) is 0.588. The number of carbonyl (C=O) groups excluding carboxylic acids is 1. The van der Waals surface area contributed by atoms with Gasteiger partial charge in [-0.25, -0.2) is 0 Å². The molecule has 1 amide bonds. The summed E-state index contributed by atoms with van der Waals surface area (Å²) in [5.41, 5.74) is 3.22. The Morgan fingerprint density at radius 2 is 2.10 bits per heavy atom. The monoisotopic (exact) mass is 287 g/mol. The molecule has 4 heteroatoms. The van der Waals surface area contributed by atoms with Crippen molar-refractivity contribution >= 4 is 17.3 Å². The number of carbonyl (C=O) groups is 1. The highest BCUT2D eigenvalue weighted by molar-refractivity contribution is 5.89. The maximum Gasteiger partial charge on any atom is 0.221 e. The van der Waals surface area contributed by atoms with Crippen LogP contribution < -0.4 is 10.6 Å². The second-order valence-electron chi connectivity index (χ2n) is 6.56. The lowest BCUT2D eigenvalue weighted by atomic mass is 10.1. The lowest BCUT2D eigenvalue weighted by Gasteiger charge is -2.20. The van der Waals surface area contributed by atoms with Gasteiger partial charge in [0, 0.05) is 43.0 Å². The standard InChI is InChI=1S/C17H25N3O/c1-11-4-5-14(18-13(3)21)9-17(11)19-15-8-12(2)20(10-15)16-6-7-16/h4-5,9,12,15-16,19H,6-8,10H2,1-3H3,(H,18,21)/t12-,15+/m0/s1. The Kier molecular flexibility index (Phi) is 3.89. The van der Waals surface area contributed by atoms with Crippen molar-refractivity contribution in [2.75, 3.05) is 17.2 Å². The first-order valence-corrected chi connectivity index (χ1v) is 7.93. The van der Waals surface area contributed by atoms with Crippen LogP contribution >= 0.6 is 0 Å². The molecule has 2 aliphatic rings. The van der Waals surface area contributed by atoms with Gasteiger partial charge in [0.05, 0.1) is 0 Å². The molecule has 0 unspecified atom stereocenters. The number of hydrogen-bond acceptors (Lipinski definition) is 3. The Morgan fingerprint density at radius 1 is 1.33 bits per heavy atom. The van der Waals surface area contributed by atoms with E-state index < -0.39 is 0 Å². The smallest absolute Gasteiger partial charge is 0.221 e. The van der Waals surface area contributed by atoms with Gasteiger partial charge in [-0.2, -0.15) is 0 Å². The SMILES string of the molecule is CC(=O)Nc1ccc(C)c(N[C@@H]2C[C@H](C)N(C3CC3)C2)c1. The van der Waals surface area contributed by atoms with Crippen LogP contribution in [0.5, 0.6) is 0 Å². The first-order chi connectivity index (χ1) is 10.0. The van der Waals surface area contributed by atoms with Gasteiger partial charge in [0.2, 0.25) is 5.91 Å². The predicted octanol–water partition coefficient (Wildman–Crippen LogP) is 2.99. The van der Waals surface area contributed by atoms with Gasteiger partial charge in [-0.3, -0.25) is 9.69 Å². The van der Waals surface area contributed by atoms with Crippen LogP contribution in [0, 0.1) is 6.92 Å². The van der Waals surface area contributed by atoms with E-state index in [2.05, 4.69) is 35.4 Å². The third-order valence-corrected chi connectivity index (χ3v) is 4.56. The highest BCUT2D eigenvalue weighted by Crippen LogP contribution is 2.34. The summed E-state index contributed by atoms with van der Waals surface area (Å²) >= 11 is 0. The third-order valence-electron chi connectivity index (χ3n) is 4.56. The molecule has 1 aliphatic carbocycles. The summed E-state index contributed by atoms with van der Waals surface area (Å²) in [6, 6.07) is 8.07. The summed E-state index contributed by atoms with van der Waals surface area (Å²) in [6.45, 7) is 7.12. The summed E-state index contributed by atoms with van der Waals surface area (Å²) in [4.78, 5) is 13.8. The molecular formula is C17H25N3O. The zero-order chi connectivity index (χ0) is 15.0. The van der Waals surface area contributed by atoms with E-state index in [4.69, 9.17) is 0 Å².